The second-order valence-corrected chi connectivity index (χ2v) is 4.74. The molecule has 3 heteroatoms. The van der Waals surface area contributed by atoms with Crippen molar-refractivity contribution in [3.8, 4) is 11.1 Å². The van der Waals surface area contributed by atoms with Crippen LogP contribution in [0.1, 0.15) is 12.5 Å². The van der Waals surface area contributed by atoms with E-state index in [-0.39, 0.29) is 0 Å². The smallest absolute Gasteiger partial charge is 0.0780 e. The Hall–Kier alpha value is -2.26. The van der Waals surface area contributed by atoms with Crippen LogP contribution >= 0.6 is 0 Å². The van der Waals surface area contributed by atoms with E-state index in [9.17, 15) is 0 Å². The summed E-state index contributed by atoms with van der Waals surface area (Å²) in [6.07, 6.45) is 5.64. The third-order valence-electron chi connectivity index (χ3n) is 3.32. The lowest BCUT2D eigenvalue weighted by Crippen LogP contribution is -2.11. The fourth-order valence-electron chi connectivity index (χ4n) is 2.34. The Morgan fingerprint density at radius 3 is 2.90 bits per heavy atom. The Bertz CT molecular complexity index is 717. The van der Waals surface area contributed by atoms with Gasteiger partial charge in [-0.2, -0.15) is 0 Å². The zero-order valence-electron chi connectivity index (χ0n) is 11.5. The molecule has 0 amide bonds. The van der Waals surface area contributed by atoms with Gasteiger partial charge in [-0.3, -0.25) is 9.97 Å². The summed E-state index contributed by atoms with van der Waals surface area (Å²) in [7, 11) is 0. The summed E-state index contributed by atoms with van der Waals surface area (Å²) in [6, 6.07) is 12.5. The molecule has 3 rings (SSSR count). The Morgan fingerprint density at radius 2 is 2.00 bits per heavy atom. The molecule has 100 valence electrons. The van der Waals surface area contributed by atoms with E-state index in [0.29, 0.717) is 0 Å². The number of fused-ring (bicyclic) bond motifs is 1. The molecule has 0 aliphatic rings. The monoisotopic (exact) mass is 263 g/mol. The molecule has 0 radical (unpaired) electrons. The maximum atomic E-state index is 4.51. The quantitative estimate of drug-likeness (QED) is 0.784. The molecule has 0 spiro atoms. The summed E-state index contributed by atoms with van der Waals surface area (Å²) in [4.78, 5) is 8.86. The molecule has 0 aliphatic heterocycles. The van der Waals surface area contributed by atoms with Crippen LogP contribution in [0, 0.1) is 0 Å². The SMILES string of the molecule is CCNCc1cncc(-c2cccc3cccnc23)c1. The highest BCUT2D eigenvalue weighted by Crippen LogP contribution is 2.26. The van der Waals surface area contributed by atoms with Crippen LogP contribution in [-0.4, -0.2) is 16.5 Å². The number of aromatic nitrogens is 2. The van der Waals surface area contributed by atoms with Crippen LogP contribution in [0.5, 0.6) is 0 Å². The molecule has 0 aliphatic carbocycles. The molecule has 3 nitrogen and oxygen atoms in total. The molecular formula is C17H17N3. The van der Waals surface area contributed by atoms with E-state index in [2.05, 4.69) is 52.5 Å². The lowest BCUT2D eigenvalue weighted by molar-refractivity contribution is 0.724. The second kappa shape index (κ2) is 5.80. The van der Waals surface area contributed by atoms with Crippen molar-refractivity contribution in [3.05, 3.63) is 60.6 Å². The van der Waals surface area contributed by atoms with Gasteiger partial charge in [-0.1, -0.05) is 31.2 Å². The van der Waals surface area contributed by atoms with E-state index in [1.807, 2.05) is 24.7 Å². The molecule has 2 aromatic heterocycles. The standard InChI is InChI=1S/C17H17N3/c1-2-18-10-13-9-15(12-19-11-13)16-7-3-5-14-6-4-8-20-17(14)16/h3-9,11-12,18H,2,10H2,1H3. The van der Waals surface area contributed by atoms with Gasteiger partial charge in [0.05, 0.1) is 5.52 Å². The van der Waals surface area contributed by atoms with E-state index < -0.39 is 0 Å². The predicted molar refractivity (Wildman–Crippen MR) is 82.4 cm³/mol. The lowest BCUT2D eigenvalue weighted by Gasteiger charge is -2.08. The summed E-state index contributed by atoms with van der Waals surface area (Å²) in [5.41, 5.74) is 4.47. The summed E-state index contributed by atoms with van der Waals surface area (Å²) in [5.74, 6) is 0. The third-order valence-corrected chi connectivity index (χ3v) is 3.32. The van der Waals surface area contributed by atoms with Crippen molar-refractivity contribution >= 4 is 10.9 Å². The van der Waals surface area contributed by atoms with Gasteiger partial charge < -0.3 is 5.32 Å². The molecule has 0 bridgehead atoms. The highest BCUT2D eigenvalue weighted by molar-refractivity contribution is 5.93. The minimum absolute atomic E-state index is 0.843. The van der Waals surface area contributed by atoms with E-state index in [1.54, 1.807) is 0 Å². The number of hydrogen-bond donors (Lipinski definition) is 1. The minimum Gasteiger partial charge on any atom is -0.313 e. The van der Waals surface area contributed by atoms with Gasteiger partial charge >= 0.3 is 0 Å². The topological polar surface area (TPSA) is 37.8 Å². The van der Waals surface area contributed by atoms with Gasteiger partial charge in [-0.05, 0) is 24.2 Å². The Kier molecular flexibility index (Phi) is 3.70. The van der Waals surface area contributed by atoms with E-state index in [0.717, 1.165) is 35.1 Å². The van der Waals surface area contributed by atoms with Gasteiger partial charge in [0.1, 0.15) is 0 Å². The molecule has 0 fully saturated rings. The van der Waals surface area contributed by atoms with Crippen molar-refractivity contribution in [1.29, 1.82) is 0 Å². The first kappa shape index (κ1) is 12.8. The molecule has 3 aromatic rings. The van der Waals surface area contributed by atoms with Crippen LogP contribution in [0.4, 0.5) is 0 Å². The molecule has 0 atom stereocenters. The summed E-state index contributed by atoms with van der Waals surface area (Å²) >= 11 is 0. The van der Waals surface area contributed by atoms with Crippen LogP contribution in [0.25, 0.3) is 22.0 Å². The molecule has 0 unspecified atom stereocenters. The highest BCUT2D eigenvalue weighted by atomic mass is 14.8. The molecular weight excluding hydrogens is 246 g/mol. The van der Waals surface area contributed by atoms with E-state index >= 15 is 0 Å². The van der Waals surface area contributed by atoms with Gasteiger partial charge in [0.15, 0.2) is 0 Å². The van der Waals surface area contributed by atoms with Gasteiger partial charge in [-0.15, -0.1) is 0 Å². The van der Waals surface area contributed by atoms with E-state index in [4.69, 9.17) is 0 Å². The summed E-state index contributed by atoms with van der Waals surface area (Å²) < 4.78 is 0. The highest BCUT2D eigenvalue weighted by Gasteiger charge is 2.05. The van der Waals surface area contributed by atoms with Gasteiger partial charge in [-0.25, -0.2) is 0 Å². The normalized spacial score (nSPS) is 10.8. The maximum Gasteiger partial charge on any atom is 0.0780 e. The van der Waals surface area contributed by atoms with Crippen molar-refractivity contribution in [1.82, 2.24) is 15.3 Å². The van der Waals surface area contributed by atoms with Crippen molar-refractivity contribution in [2.45, 2.75) is 13.5 Å². The Labute approximate surface area is 118 Å². The average molecular weight is 263 g/mol. The number of pyridine rings is 2. The Balaban J connectivity index is 2.06. The van der Waals surface area contributed by atoms with Crippen LogP contribution in [0.3, 0.4) is 0 Å². The van der Waals surface area contributed by atoms with Gasteiger partial charge in [0.25, 0.3) is 0 Å². The molecule has 0 saturated carbocycles. The fraction of sp³-hybridized carbons (Fsp3) is 0.176. The summed E-state index contributed by atoms with van der Waals surface area (Å²) in [5, 5.41) is 4.48. The first-order valence-electron chi connectivity index (χ1n) is 6.87. The minimum atomic E-state index is 0.843. The number of hydrogen-bond acceptors (Lipinski definition) is 3. The maximum absolute atomic E-state index is 4.51. The van der Waals surface area contributed by atoms with Crippen molar-refractivity contribution in [3.63, 3.8) is 0 Å². The lowest BCUT2D eigenvalue weighted by atomic mass is 10.0. The third kappa shape index (κ3) is 2.53. The first-order valence-corrected chi connectivity index (χ1v) is 6.87. The van der Waals surface area contributed by atoms with Crippen molar-refractivity contribution in [2.24, 2.45) is 0 Å². The predicted octanol–water partition coefficient (Wildman–Crippen LogP) is 3.41. The molecule has 0 saturated heterocycles. The van der Waals surface area contributed by atoms with Crippen molar-refractivity contribution < 1.29 is 0 Å². The molecule has 2 heterocycles. The second-order valence-electron chi connectivity index (χ2n) is 4.74. The largest absolute Gasteiger partial charge is 0.313 e. The number of nitrogens with one attached hydrogen (secondary N) is 1. The molecule has 1 N–H and O–H groups in total. The molecule has 20 heavy (non-hydrogen) atoms. The number of nitrogens with zero attached hydrogens (tertiary/aromatic N) is 2. The first-order chi connectivity index (χ1) is 9.88. The van der Waals surface area contributed by atoms with Crippen LogP contribution in [0.15, 0.2) is 55.0 Å². The number of para-hydroxylation sites is 1. The average Bonchev–Trinajstić information content (AvgIpc) is 2.52. The number of benzene rings is 1. The van der Waals surface area contributed by atoms with E-state index in [1.165, 1.54) is 5.56 Å². The van der Waals surface area contributed by atoms with Gasteiger partial charge in [0.2, 0.25) is 0 Å². The number of rotatable bonds is 4. The summed E-state index contributed by atoms with van der Waals surface area (Å²) in [6.45, 7) is 3.90. The zero-order chi connectivity index (χ0) is 13.8. The van der Waals surface area contributed by atoms with Gasteiger partial charge in [0, 0.05) is 41.6 Å². The van der Waals surface area contributed by atoms with Crippen molar-refractivity contribution in [2.75, 3.05) is 6.54 Å². The Morgan fingerprint density at radius 1 is 1.10 bits per heavy atom. The molecule has 1 aromatic carbocycles. The van der Waals surface area contributed by atoms with Crippen LogP contribution in [0.2, 0.25) is 0 Å². The fourth-order valence-corrected chi connectivity index (χ4v) is 2.34. The van der Waals surface area contributed by atoms with Crippen LogP contribution < -0.4 is 5.32 Å². The van der Waals surface area contributed by atoms with Crippen LogP contribution in [-0.2, 0) is 6.54 Å². The zero-order valence-corrected chi connectivity index (χ0v) is 11.5.